The van der Waals surface area contributed by atoms with Crippen LogP contribution in [0.3, 0.4) is 0 Å². The SMILES string of the molecule is Cc1ccc(NC(=O)CCNc2ccc(C(F)(F)F)cc2C#N)nc1. The van der Waals surface area contributed by atoms with E-state index in [0.717, 1.165) is 17.7 Å². The van der Waals surface area contributed by atoms with Crippen LogP contribution in [0.4, 0.5) is 24.7 Å². The molecule has 1 aromatic carbocycles. The summed E-state index contributed by atoms with van der Waals surface area (Å²) in [6, 6.07) is 8.04. The third-order valence-corrected chi connectivity index (χ3v) is 3.31. The molecule has 130 valence electrons. The first-order valence-corrected chi connectivity index (χ1v) is 7.37. The van der Waals surface area contributed by atoms with Crippen molar-refractivity contribution in [3.63, 3.8) is 0 Å². The van der Waals surface area contributed by atoms with Crippen LogP contribution in [0.2, 0.25) is 0 Å². The van der Waals surface area contributed by atoms with E-state index in [1.807, 2.05) is 13.0 Å². The van der Waals surface area contributed by atoms with Crippen molar-refractivity contribution in [1.29, 1.82) is 5.26 Å². The zero-order valence-electron chi connectivity index (χ0n) is 13.3. The summed E-state index contributed by atoms with van der Waals surface area (Å²) in [5.41, 5.74) is 0.191. The summed E-state index contributed by atoms with van der Waals surface area (Å²) >= 11 is 0. The molecular weight excluding hydrogens is 333 g/mol. The Bertz CT molecular complexity index is 795. The Labute approximate surface area is 142 Å². The lowest BCUT2D eigenvalue weighted by Gasteiger charge is -2.11. The number of halogens is 3. The fourth-order valence-electron chi connectivity index (χ4n) is 2.03. The van der Waals surface area contributed by atoms with Gasteiger partial charge in [0.2, 0.25) is 5.91 Å². The maximum atomic E-state index is 12.6. The number of rotatable bonds is 5. The summed E-state index contributed by atoms with van der Waals surface area (Å²) in [6.07, 6.45) is -2.82. The van der Waals surface area contributed by atoms with Gasteiger partial charge in [0.05, 0.1) is 16.8 Å². The molecule has 0 bridgehead atoms. The minimum atomic E-state index is -4.51. The molecule has 0 aliphatic carbocycles. The molecule has 1 heterocycles. The number of anilines is 2. The first-order chi connectivity index (χ1) is 11.8. The van der Waals surface area contributed by atoms with Crippen molar-refractivity contribution >= 4 is 17.4 Å². The molecule has 2 rings (SSSR count). The number of pyridine rings is 1. The average molecular weight is 348 g/mol. The molecule has 5 nitrogen and oxygen atoms in total. The molecular formula is C17H15F3N4O. The molecule has 0 aliphatic heterocycles. The molecule has 0 fully saturated rings. The van der Waals surface area contributed by atoms with E-state index < -0.39 is 11.7 Å². The van der Waals surface area contributed by atoms with Crippen molar-refractivity contribution in [2.24, 2.45) is 0 Å². The van der Waals surface area contributed by atoms with Crippen molar-refractivity contribution in [2.75, 3.05) is 17.2 Å². The van der Waals surface area contributed by atoms with Gasteiger partial charge in [-0.05, 0) is 36.8 Å². The molecule has 1 aromatic heterocycles. The van der Waals surface area contributed by atoms with E-state index in [1.165, 1.54) is 6.07 Å². The van der Waals surface area contributed by atoms with E-state index in [9.17, 15) is 18.0 Å². The van der Waals surface area contributed by atoms with Gasteiger partial charge in [-0.1, -0.05) is 6.07 Å². The van der Waals surface area contributed by atoms with Gasteiger partial charge in [-0.2, -0.15) is 18.4 Å². The predicted molar refractivity (Wildman–Crippen MR) is 86.9 cm³/mol. The molecule has 2 N–H and O–H groups in total. The van der Waals surface area contributed by atoms with Crippen LogP contribution in [-0.2, 0) is 11.0 Å². The first-order valence-electron chi connectivity index (χ1n) is 7.37. The summed E-state index contributed by atoms with van der Waals surface area (Å²) in [6.45, 7) is 2.04. The van der Waals surface area contributed by atoms with Crippen molar-refractivity contribution in [3.8, 4) is 6.07 Å². The van der Waals surface area contributed by atoms with Gasteiger partial charge in [0.25, 0.3) is 0 Å². The van der Waals surface area contributed by atoms with Crippen molar-refractivity contribution in [1.82, 2.24) is 4.98 Å². The van der Waals surface area contributed by atoms with Gasteiger partial charge < -0.3 is 10.6 Å². The van der Waals surface area contributed by atoms with Crippen molar-refractivity contribution in [2.45, 2.75) is 19.5 Å². The molecule has 0 radical (unpaired) electrons. The van der Waals surface area contributed by atoms with Crippen LogP contribution >= 0.6 is 0 Å². The molecule has 2 aromatic rings. The second-order valence-electron chi connectivity index (χ2n) is 5.32. The van der Waals surface area contributed by atoms with E-state index in [1.54, 1.807) is 18.3 Å². The van der Waals surface area contributed by atoms with E-state index in [-0.39, 0.29) is 30.1 Å². The van der Waals surface area contributed by atoms with Crippen LogP contribution in [0.5, 0.6) is 0 Å². The average Bonchev–Trinajstić information content (AvgIpc) is 2.56. The van der Waals surface area contributed by atoms with Crippen LogP contribution in [0, 0.1) is 18.3 Å². The summed E-state index contributed by atoms with van der Waals surface area (Å²) in [5.74, 6) is 0.122. The zero-order valence-corrected chi connectivity index (χ0v) is 13.3. The number of aryl methyl sites for hydroxylation is 1. The Morgan fingerprint density at radius 2 is 2.04 bits per heavy atom. The monoisotopic (exact) mass is 348 g/mol. The second kappa shape index (κ2) is 7.66. The van der Waals surface area contributed by atoms with Crippen LogP contribution in [-0.4, -0.2) is 17.4 Å². The van der Waals surface area contributed by atoms with Crippen molar-refractivity contribution < 1.29 is 18.0 Å². The standard InChI is InChI=1S/C17H15F3N4O/c1-11-2-5-15(23-10-11)24-16(25)6-7-22-14-4-3-13(17(18,19)20)8-12(14)9-21/h2-5,8,10,22H,6-7H2,1H3,(H,23,24,25). The van der Waals surface area contributed by atoms with E-state index in [0.29, 0.717) is 5.82 Å². The van der Waals surface area contributed by atoms with E-state index in [2.05, 4.69) is 15.6 Å². The number of aromatic nitrogens is 1. The Morgan fingerprint density at radius 3 is 2.64 bits per heavy atom. The number of carbonyl (C=O) groups excluding carboxylic acids is 1. The normalized spacial score (nSPS) is 10.8. The third-order valence-electron chi connectivity index (χ3n) is 3.31. The highest BCUT2D eigenvalue weighted by molar-refractivity contribution is 5.90. The lowest BCUT2D eigenvalue weighted by Crippen LogP contribution is -2.17. The Morgan fingerprint density at radius 1 is 1.28 bits per heavy atom. The number of amides is 1. The lowest BCUT2D eigenvalue weighted by molar-refractivity contribution is -0.137. The van der Waals surface area contributed by atoms with Gasteiger partial charge in [-0.3, -0.25) is 4.79 Å². The smallest absolute Gasteiger partial charge is 0.383 e. The molecule has 0 aliphatic rings. The summed E-state index contributed by atoms with van der Waals surface area (Å²) < 4.78 is 37.9. The van der Waals surface area contributed by atoms with Gasteiger partial charge in [0.15, 0.2) is 0 Å². The zero-order chi connectivity index (χ0) is 18.4. The summed E-state index contributed by atoms with van der Waals surface area (Å²) in [7, 11) is 0. The Kier molecular flexibility index (Phi) is 5.60. The first kappa shape index (κ1) is 18.3. The quantitative estimate of drug-likeness (QED) is 0.863. The number of nitriles is 1. The minimum absolute atomic E-state index is 0.0709. The largest absolute Gasteiger partial charge is 0.416 e. The molecule has 25 heavy (non-hydrogen) atoms. The summed E-state index contributed by atoms with van der Waals surface area (Å²) in [5, 5.41) is 14.4. The van der Waals surface area contributed by atoms with Gasteiger partial charge in [0, 0.05) is 19.2 Å². The number of hydrogen-bond donors (Lipinski definition) is 2. The second-order valence-corrected chi connectivity index (χ2v) is 5.32. The van der Waals surface area contributed by atoms with Gasteiger partial charge in [-0.25, -0.2) is 4.98 Å². The lowest BCUT2D eigenvalue weighted by atomic mass is 10.1. The molecule has 0 saturated heterocycles. The van der Waals surface area contributed by atoms with Gasteiger partial charge in [-0.15, -0.1) is 0 Å². The Balaban J connectivity index is 1.92. The number of hydrogen-bond acceptors (Lipinski definition) is 4. The van der Waals surface area contributed by atoms with E-state index >= 15 is 0 Å². The highest BCUT2D eigenvalue weighted by atomic mass is 19.4. The molecule has 8 heteroatoms. The third kappa shape index (κ3) is 5.21. The highest BCUT2D eigenvalue weighted by Gasteiger charge is 2.31. The molecule has 0 unspecified atom stereocenters. The molecule has 1 amide bonds. The molecule has 0 spiro atoms. The van der Waals surface area contributed by atoms with Crippen LogP contribution in [0.25, 0.3) is 0 Å². The predicted octanol–water partition coefficient (Wildman–Crippen LogP) is 3.72. The number of carbonyl (C=O) groups is 1. The number of benzene rings is 1. The summed E-state index contributed by atoms with van der Waals surface area (Å²) in [4.78, 5) is 15.9. The number of alkyl halides is 3. The fraction of sp³-hybridized carbons (Fsp3) is 0.235. The van der Waals surface area contributed by atoms with Crippen LogP contribution in [0.15, 0.2) is 36.5 Å². The van der Waals surface area contributed by atoms with Gasteiger partial charge in [0.1, 0.15) is 11.9 Å². The number of nitrogens with one attached hydrogen (secondary N) is 2. The van der Waals surface area contributed by atoms with Gasteiger partial charge >= 0.3 is 6.18 Å². The maximum Gasteiger partial charge on any atom is 0.416 e. The molecule has 0 saturated carbocycles. The number of nitrogens with zero attached hydrogens (tertiary/aromatic N) is 2. The van der Waals surface area contributed by atoms with E-state index in [4.69, 9.17) is 5.26 Å². The Hall–Kier alpha value is -3.08. The van der Waals surface area contributed by atoms with Crippen LogP contribution < -0.4 is 10.6 Å². The topological polar surface area (TPSA) is 77.8 Å². The maximum absolute atomic E-state index is 12.6. The fourth-order valence-corrected chi connectivity index (χ4v) is 2.03. The molecule has 0 atom stereocenters. The minimum Gasteiger partial charge on any atom is -0.383 e. The van der Waals surface area contributed by atoms with Crippen molar-refractivity contribution in [3.05, 3.63) is 53.2 Å². The highest BCUT2D eigenvalue weighted by Crippen LogP contribution is 2.31. The van der Waals surface area contributed by atoms with Crippen LogP contribution in [0.1, 0.15) is 23.1 Å².